The van der Waals surface area contributed by atoms with Gasteiger partial charge in [-0.1, -0.05) is 0 Å². The molecule has 0 unspecified atom stereocenters. The van der Waals surface area contributed by atoms with Crippen molar-refractivity contribution in [1.29, 1.82) is 0 Å². The topological polar surface area (TPSA) is 46.1 Å². The number of aryl methyl sites for hydroxylation is 1. The molecular weight excluding hydrogens is 259 g/mol. The zero-order valence-corrected chi connectivity index (χ0v) is 10.5. The van der Waals surface area contributed by atoms with Gasteiger partial charge in [0.1, 0.15) is 0 Å². The van der Waals surface area contributed by atoms with Gasteiger partial charge in [-0.05, 0) is 18.9 Å². The number of nitrogens with one attached hydrogen (secondary N) is 2. The standard InChI is InChI=1S/C12H16F3N3O/c1-18-5-4-8(7-18)11(12(13,14)15)17-10(19)6-16-9-2-3-9/h4-5,7,9,11,16H,2-3,6H2,1H3,(H,17,19)/t11-/m0/s1. The summed E-state index contributed by atoms with van der Waals surface area (Å²) in [6, 6.07) is -0.318. The summed E-state index contributed by atoms with van der Waals surface area (Å²) in [7, 11) is 1.63. The SMILES string of the molecule is Cn1ccc([C@H](NC(=O)CNC2CC2)C(F)(F)F)c1. The average molecular weight is 275 g/mol. The fraction of sp³-hybridized carbons (Fsp3) is 0.583. The van der Waals surface area contributed by atoms with Crippen molar-refractivity contribution < 1.29 is 18.0 Å². The molecule has 1 saturated carbocycles. The summed E-state index contributed by atoms with van der Waals surface area (Å²) in [5, 5.41) is 4.92. The molecule has 1 atom stereocenters. The van der Waals surface area contributed by atoms with Gasteiger partial charge in [-0.3, -0.25) is 4.79 Å². The maximum Gasteiger partial charge on any atom is 0.412 e. The van der Waals surface area contributed by atoms with Crippen LogP contribution in [-0.4, -0.2) is 29.2 Å². The minimum Gasteiger partial charge on any atom is -0.357 e. The van der Waals surface area contributed by atoms with Gasteiger partial charge >= 0.3 is 6.18 Å². The number of halogens is 3. The molecule has 1 aromatic heterocycles. The summed E-state index contributed by atoms with van der Waals surface area (Å²) < 4.78 is 40.3. The molecule has 0 bridgehead atoms. The lowest BCUT2D eigenvalue weighted by molar-refractivity contribution is -0.163. The van der Waals surface area contributed by atoms with Gasteiger partial charge in [-0.2, -0.15) is 13.2 Å². The van der Waals surface area contributed by atoms with E-state index in [2.05, 4.69) is 5.32 Å². The van der Waals surface area contributed by atoms with Crippen molar-refractivity contribution in [3.05, 3.63) is 24.0 Å². The maximum atomic E-state index is 12.9. The molecule has 2 N–H and O–H groups in total. The molecule has 0 radical (unpaired) electrons. The second-order valence-electron chi connectivity index (χ2n) is 4.81. The summed E-state index contributed by atoms with van der Waals surface area (Å²) in [6.45, 7) is -0.0793. The van der Waals surface area contributed by atoms with Crippen LogP contribution in [0.25, 0.3) is 0 Å². The van der Waals surface area contributed by atoms with Crippen molar-refractivity contribution >= 4 is 5.91 Å². The van der Waals surface area contributed by atoms with Crippen LogP contribution < -0.4 is 10.6 Å². The highest BCUT2D eigenvalue weighted by atomic mass is 19.4. The first-order valence-electron chi connectivity index (χ1n) is 6.07. The van der Waals surface area contributed by atoms with E-state index in [1.165, 1.54) is 23.0 Å². The zero-order valence-electron chi connectivity index (χ0n) is 10.5. The highest BCUT2D eigenvalue weighted by Crippen LogP contribution is 2.32. The Morgan fingerprint density at radius 3 is 2.68 bits per heavy atom. The molecule has 1 heterocycles. The van der Waals surface area contributed by atoms with Crippen LogP contribution in [0.1, 0.15) is 24.4 Å². The van der Waals surface area contributed by atoms with Crippen LogP contribution in [-0.2, 0) is 11.8 Å². The van der Waals surface area contributed by atoms with Gasteiger partial charge < -0.3 is 15.2 Å². The Kier molecular flexibility index (Phi) is 3.84. The molecule has 106 valence electrons. The van der Waals surface area contributed by atoms with E-state index < -0.39 is 18.1 Å². The fourth-order valence-electron chi connectivity index (χ4n) is 1.79. The van der Waals surface area contributed by atoms with E-state index in [1.54, 1.807) is 7.05 Å². The summed E-state index contributed by atoms with van der Waals surface area (Å²) in [6.07, 6.45) is 0.329. The molecular formula is C12H16F3N3O. The Morgan fingerprint density at radius 1 is 1.53 bits per heavy atom. The largest absolute Gasteiger partial charge is 0.412 e. The van der Waals surface area contributed by atoms with Crippen LogP contribution in [0, 0.1) is 0 Å². The molecule has 0 saturated heterocycles. The lowest BCUT2D eigenvalue weighted by Crippen LogP contribution is -2.42. The van der Waals surface area contributed by atoms with Crippen molar-refractivity contribution in [1.82, 2.24) is 15.2 Å². The lowest BCUT2D eigenvalue weighted by atomic mass is 10.1. The fourth-order valence-corrected chi connectivity index (χ4v) is 1.79. The highest BCUT2D eigenvalue weighted by molar-refractivity contribution is 5.78. The van der Waals surface area contributed by atoms with Crippen molar-refractivity contribution in [3.8, 4) is 0 Å². The third kappa shape index (κ3) is 3.99. The lowest BCUT2D eigenvalue weighted by Gasteiger charge is -2.21. The Bertz CT molecular complexity index is 451. The first-order valence-corrected chi connectivity index (χ1v) is 6.07. The Labute approximate surface area is 109 Å². The van der Waals surface area contributed by atoms with Crippen LogP contribution in [0.2, 0.25) is 0 Å². The minimum absolute atomic E-state index is 0.0368. The predicted octanol–water partition coefficient (Wildman–Crippen LogP) is 1.50. The van der Waals surface area contributed by atoms with E-state index in [1.807, 2.05) is 5.32 Å². The first-order chi connectivity index (χ1) is 8.86. The van der Waals surface area contributed by atoms with Gasteiger partial charge in [0.25, 0.3) is 0 Å². The Balaban J connectivity index is 1.99. The van der Waals surface area contributed by atoms with Crippen molar-refractivity contribution in [2.75, 3.05) is 6.54 Å². The number of carbonyl (C=O) groups is 1. The second-order valence-corrected chi connectivity index (χ2v) is 4.81. The zero-order chi connectivity index (χ0) is 14.0. The number of aromatic nitrogens is 1. The number of hydrogen-bond acceptors (Lipinski definition) is 2. The van der Waals surface area contributed by atoms with E-state index in [9.17, 15) is 18.0 Å². The highest BCUT2D eigenvalue weighted by Gasteiger charge is 2.42. The predicted molar refractivity (Wildman–Crippen MR) is 63.4 cm³/mol. The molecule has 2 rings (SSSR count). The summed E-state index contributed by atoms with van der Waals surface area (Å²) in [4.78, 5) is 11.5. The van der Waals surface area contributed by atoms with Gasteiger partial charge in [0.05, 0.1) is 6.54 Å². The van der Waals surface area contributed by atoms with E-state index in [4.69, 9.17) is 0 Å². The van der Waals surface area contributed by atoms with Crippen LogP contribution in [0.15, 0.2) is 18.5 Å². The third-order valence-electron chi connectivity index (χ3n) is 2.95. The van der Waals surface area contributed by atoms with Crippen molar-refractivity contribution in [2.24, 2.45) is 7.05 Å². The maximum absolute atomic E-state index is 12.9. The third-order valence-corrected chi connectivity index (χ3v) is 2.95. The molecule has 1 aromatic rings. The van der Waals surface area contributed by atoms with E-state index in [-0.39, 0.29) is 18.2 Å². The van der Waals surface area contributed by atoms with Crippen LogP contribution >= 0.6 is 0 Å². The molecule has 7 heteroatoms. The van der Waals surface area contributed by atoms with Gasteiger partial charge in [-0.15, -0.1) is 0 Å². The first kappa shape index (κ1) is 13.9. The van der Waals surface area contributed by atoms with Crippen LogP contribution in [0.3, 0.4) is 0 Å². The van der Waals surface area contributed by atoms with E-state index in [0.717, 1.165) is 12.8 Å². The molecule has 0 aromatic carbocycles. The van der Waals surface area contributed by atoms with E-state index in [0.29, 0.717) is 0 Å². The summed E-state index contributed by atoms with van der Waals surface area (Å²) in [5.74, 6) is -0.641. The Morgan fingerprint density at radius 2 is 2.21 bits per heavy atom. The van der Waals surface area contributed by atoms with Crippen molar-refractivity contribution in [2.45, 2.75) is 31.1 Å². The molecule has 1 aliphatic rings. The molecule has 19 heavy (non-hydrogen) atoms. The quantitative estimate of drug-likeness (QED) is 0.855. The molecule has 1 aliphatic carbocycles. The Hall–Kier alpha value is -1.50. The number of rotatable bonds is 5. The smallest absolute Gasteiger partial charge is 0.357 e. The second kappa shape index (κ2) is 5.24. The summed E-state index contributed by atoms with van der Waals surface area (Å²) >= 11 is 0. The number of carbonyl (C=O) groups excluding carboxylic acids is 1. The molecule has 4 nitrogen and oxygen atoms in total. The van der Waals surface area contributed by atoms with Crippen molar-refractivity contribution in [3.63, 3.8) is 0 Å². The number of nitrogens with zero attached hydrogens (tertiary/aromatic N) is 1. The normalized spacial score (nSPS) is 17.3. The molecule has 0 spiro atoms. The van der Waals surface area contributed by atoms with Crippen LogP contribution in [0.5, 0.6) is 0 Å². The van der Waals surface area contributed by atoms with Gasteiger partial charge in [-0.25, -0.2) is 0 Å². The van der Waals surface area contributed by atoms with E-state index >= 15 is 0 Å². The van der Waals surface area contributed by atoms with Gasteiger partial charge in [0.15, 0.2) is 6.04 Å². The van der Waals surface area contributed by atoms with Gasteiger partial charge in [0, 0.05) is 31.0 Å². The number of alkyl halides is 3. The summed E-state index contributed by atoms with van der Waals surface area (Å²) in [5.41, 5.74) is 0.0368. The monoisotopic (exact) mass is 275 g/mol. The number of amides is 1. The molecule has 0 aliphatic heterocycles. The molecule has 1 fully saturated rings. The number of hydrogen-bond donors (Lipinski definition) is 2. The average Bonchev–Trinajstić information content (AvgIpc) is 3.04. The minimum atomic E-state index is -4.50. The van der Waals surface area contributed by atoms with Gasteiger partial charge in [0.2, 0.25) is 5.91 Å². The van der Waals surface area contributed by atoms with Crippen LogP contribution in [0.4, 0.5) is 13.2 Å². The molecule has 1 amide bonds.